The molecule has 2 amide bonds. The predicted octanol–water partition coefficient (Wildman–Crippen LogP) is 6.55. The Hall–Kier alpha value is -4.65. The Morgan fingerprint density at radius 3 is 2.14 bits per heavy atom. The van der Waals surface area contributed by atoms with Crippen molar-refractivity contribution in [1.29, 1.82) is 0 Å². The summed E-state index contributed by atoms with van der Waals surface area (Å²) in [4.78, 5) is 45.0. The lowest BCUT2D eigenvalue weighted by Crippen LogP contribution is -2.47. The van der Waals surface area contributed by atoms with Gasteiger partial charge in [0.15, 0.2) is 0 Å². The van der Waals surface area contributed by atoms with Crippen molar-refractivity contribution in [3.63, 3.8) is 0 Å². The van der Waals surface area contributed by atoms with Gasteiger partial charge in [0.05, 0.1) is 6.42 Å². The zero-order valence-electron chi connectivity index (χ0n) is 25.0. The average Bonchev–Trinajstić information content (AvgIpc) is 3.53. The van der Waals surface area contributed by atoms with Crippen molar-refractivity contribution in [2.24, 2.45) is 0 Å². The first kappa shape index (κ1) is 29.8. The molecule has 2 heterocycles. The van der Waals surface area contributed by atoms with E-state index in [1.807, 2.05) is 61.5 Å². The fourth-order valence-electron chi connectivity index (χ4n) is 5.88. The van der Waals surface area contributed by atoms with E-state index >= 15 is 0 Å². The maximum Gasteiger partial charge on any atom is 0.242 e. The van der Waals surface area contributed by atoms with Crippen LogP contribution in [0.15, 0.2) is 78.9 Å². The van der Waals surface area contributed by atoms with Gasteiger partial charge in [-0.1, -0.05) is 79.6 Å². The summed E-state index contributed by atoms with van der Waals surface area (Å²) in [7, 11) is 0. The zero-order chi connectivity index (χ0) is 30.2. The first-order valence-corrected chi connectivity index (χ1v) is 15.2. The van der Waals surface area contributed by atoms with E-state index in [9.17, 15) is 14.4 Å². The molecule has 222 valence electrons. The lowest BCUT2D eigenvalue weighted by atomic mass is 10.0. The number of carbonyl (C=O) groups is 3. The molecule has 5 rings (SSSR count). The third-order valence-corrected chi connectivity index (χ3v) is 8.09. The number of fused-ring (bicyclic) bond motifs is 2. The highest BCUT2D eigenvalue weighted by Gasteiger charge is 2.22. The smallest absolute Gasteiger partial charge is 0.242 e. The number of nitrogens with one attached hydrogen (secondary N) is 4. The quantitative estimate of drug-likeness (QED) is 0.113. The number of carbonyl (C=O) groups excluding carboxylic acids is 3. The summed E-state index contributed by atoms with van der Waals surface area (Å²) in [5.41, 5.74) is 7.27. The second kappa shape index (κ2) is 14.0. The van der Waals surface area contributed by atoms with Crippen LogP contribution in [-0.4, -0.2) is 40.2 Å². The van der Waals surface area contributed by atoms with Gasteiger partial charge in [-0.05, 0) is 61.9 Å². The topological polar surface area (TPSA) is 107 Å². The number of aryl methyl sites for hydroxylation is 1. The zero-order valence-corrected chi connectivity index (χ0v) is 25.0. The molecule has 0 saturated carbocycles. The molecule has 0 spiro atoms. The average molecular weight is 577 g/mol. The van der Waals surface area contributed by atoms with E-state index in [1.54, 1.807) is 6.92 Å². The molecule has 1 atom stereocenters. The lowest BCUT2D eigenvalue weighted by molar-refractivity contribution is -0.128. The minimum atomic E-state index is -0.646. The van der Waals surface area contributed by atoms with E-state index in [-0.39, 0.29) is 24.0 Å². The van der Waals surface area contributed by atoms with Crippen molar-refractivity contribution >= 4 is 39.4 Å². The third-order valence-electron chi connectivity index (χ3n) is 8.09. The summed E-state index contributed by atoms with van der Waals surface area (Å²) in [6.07, 6.45) is 4.26. The molecule has 0 aliphatic carbocycles. The number of hydrogen-bond acceptors (Lipinski definition) is 3. The van der Waals surface area contributed by atoms with E-state index in [2.05, 4.69) is 44.9 Å². The van der Waals surface area contributed by atoms with Crippen molar-refractivity contribution < 1.29 is 14.4 Å². The normalized spacial score (nSPS) is 12.0. The molecule has 3 aromatic carbocycles. The molecule has 0 radical (unpaired) electrons. The molecule has 7 nitrogen and oxygen atoms in total. The maximum absolute atomic E-state index is 13.5. The summed E-state index contributed by atoms with van der Waals surface area (Å²) in [6, 6.07) is 25.7. The van der Waals surface area contributed by atoms with Crippen LogP contribution in [0, 0.1) is 6.92 Å². The van der Waals surface area contributed by atoms with Gasteiger partial charge < -0.3 is 25.4 Å². The van der Waals surface area contributed by atoms with Crippen molar-refractivity contribution in [2.45, 2.75) is 64.8 Å². The molecular formula is C36H40N4O3. The van der Waals surface area contributed by atoms with Gasteiger partial charge >= 0.3 is 0 Å². The molecular weight excluding hydrogens is 536 g/mol. The van der Waals surface area contributed by atoms with Crippen molar-refractivity contribution in [2.75, 3.05) is 6.54 Å². The number of hydrogen-bond donors (Lipinski definition) is 4. The number of Topliss-reactive ketones (excluding diaryl/α,β-unsaturated/α-hetero) is 1. The van der Waals surface area contributed by atoms with Gasteiger partial charge in [0.25, 0.3) is 0 Å². The van der Waals surface area contributed by atoms with Crippen LogP contribution in [-0.2, 0) is 27.2 Å². The summed E-state index contributed by atoms with van der Waals surface area (Å²) >= 11 is 0. The van der Waals surface area contributed by atoms with Crippen LogP contribution in [0.25, 0.3) is 33.1 Å². The third kappa shape index (κ3) is 7.41. The molecule has 5 aromatic rings. The second-order valence-corrected chi connectivity index (χ2v) is 11.3. The summed E-state index contributed by atoms with van der Waals surface area (Å²) < 4.78 is 0. The van der Waals surface area contributed by atoms with E-state index in [0.29, 0.717) is 25.8 Å². The highest BCUT2D eigenvalue weighted by atomic mass is 16.2. The van der Waals surface area contributed by atoms with Crippen LogP contribution < -0.4 is 10.6 Å². The minimum Gasteiger partial charge on any atom is -0.358 e. The van der Waals surface area contributed by atoms with Crippen LogP contribution >= 0.6 is 0 Å². The van der Waals surface area contributed by atoms with Crippen LogP contribution in [0.5, 0.6) is 0 Å². The maximum atomic E-state index is 13.5. The molecule has 7 heteroatoms. The van der Waals surface area contributed by atoms with E-state index in [0.717, 1.165) is 69.1 Å². The number of aromatic amines is 2. The Morgan fingerprint density at radius 1 is 0.767 bits per heavy atom. The molecule has 0 saturated heterocycles. The van der Waals surface area contributed by atoms with Gasteiger partial charge in [0.1, 0.15) is 11.8 Å². The Morgan fingerprint density at radius 2 is 1.42 bits per heavy atom. The number of para-hydroxylation sites is 2. The summed E-state index contributed by atoms with van der Waals surface area (Å²) in [6.45, 7) is 4.01. The number of rotatable bonds is 14. The molecule has 0 unspecified atom stereocenters. The standard InChI is InChI=1S/C36H40N4O3/c1-24(41)13-5-3-8-20-33(39-34(42)23-30-25(2)38-31-18-11-10-17-28(30)31)36(43)37-22-21-29-27-16-9-12-19-32(27)40-35(29)26-14-6-4-7-15-26/h4,6-7,9-12,14-19,33,38,40H,3,5,8,13,20-23H2,1-2H3,(H,37,43)(H,39,42)/t33-/m0/s1. The first-order valence-electron chi connectivity index (χ1n) is 15.2. The van der Waals surface area contributed by atoms with Crippen LogP contribution in [0.2, 0.25) is 0 Å². The summed E-state index contributed by atoms with van der Waals surface area (Å²) in [5, 5.41) is 8.28. The molecule has 4 N–H and O–H groups in total. The minimum absolute atomic E-state index is 0.170. The van der Waals surface area contributed by atoms with Crippen LogP contribution in [0.4, 0.5) is 0 Å². The predicted molar refractivity (Wildman–Crippen MR) is 173 cm³/mol. The van der Waals surface area contributed by atoms with E-state index < -0.39 is 6.04 Å². The molecule has 0 bridgehead atoms. The van der Waals surface area contributed by atoms with Gasteiger partial charge in [-0.2, -0.15) is 0 Å². The number of H-pyrrole nitrogens is 2. The molecule has 43 heavy (non-hydrogen) atoms. The number of amides is 2. The van der Waals surface area contributed by atoms with Gasteiger partial charge in [0.2, 0.25) is 11.8 Å². The van der Waals surface area contributed by atoms with Gasteiger partial charge in [-0.15, -0.1) is 0 Å². The Bertz CT molecular complexity index is 1720. The van der Waals surface area contributed by atoms with Gasteiger partial charge in [-0.3, -0.25) is 9.59 Å². The summed E-state index contributed by atoms with van der Waals surface area (Å²) in [5.74, 6) is -0.194. The number of aromatic nitrogens is 2. The Kier molecular flexibility index (Phi) is 9.72. The molecule has 2 aromatic heterocycles. The van der Waals surface area contributed by atoms with Crippen molar-refractivity contribution in [3.8, 4) is 11.3 Å². The fourth-order valence-corrected chi connectivity index (χ4v) is 5.88. The van der Waals surface area contributed by atoms with Gasteiger partial charge in [0, 0.05) is 46.2 Å². The Labute approximate surface area is 252 Å². The van der Waals surface area contributed by atoms with Crippen molar-refractivity contribution in [3.05, 3.63) is 95.7 Å². The SMILES string of the molecule is CC(=O)CCCCC[C@H](NC(=O)Cc1c(C)[nH]c2ccccc12)C(=O)NCCc1c(-c2ccccc2)[nH]c2ccccc12. The Balaban J connectivity index is 1.26. The fraction of sp³-hybridized carbons (Fsp3) is 0.306. The highest BCUT2D eigenvalue weighted by molar-refractivity contribution is 5.93. The lowest BCUT2D eigenvalue weighted by Gasteiger charge is -2.19. The first-order chi connectivity index (χ1) is 20.9. The van der Waals surface area contributed by atoms with E-state index in [4.69, 9.17) is 0 Å². The van der Waals surface area contributed by atoms with E-state index in [1.165, 1.54) is 0 Å². The van der Waals surface area contributed by atoms with Gasteiger partial charge in [-0.25, -0.2) is 0 Å². The second-order valence-electron chi connectivity index (χ2n) is 11.3. The molecule has 0 aliphatic heterocycles. The monoisotopic (exact) mass is 576 g/mol. The molecule has 0 fully saturated rings. The highest BCUT2D eigenvalue weighted by Crippen LogP contribution is 2.30. The molecule has 0 aliphatic rings. The number of unbranched alkanes of at least 4 members (excludes halogenated alkanes) is 2. The van der Waals surface area contributed by atoms with Crippen LogP contribution in [0.3, 0.4) is 0 Å². The largest absolute Gasteiger partial charge is 0.358 e. The number of ketones is 1. The number of benzene rings is 3. The van der Waals surface area contributed by atoms with Crippen LogP contribution in [0.1, 0.15) is 55.8 Å². The van der Waals surface area contributed by atoms with Crippen molar-refractivity contribution in [1.82, 2.24) is 20.6 Å².